The predicted molar refractivity (Wildman–Crippen MR) is 120 cm³/mol. The summed E-state index contributed by atoms with van der Waals surface area (Å²) in [7, 11) is 1.57. The fourth-order valence-corrected chi connectivity index (χ4v) is 4.07. The van der Waals surface area contributed by atoms with Gasteiger partial charge in [-0.05, 0) is 36.6 Å². The van der Waals surface area contributed by atoms with E-state index in [1.54, 1.807) is 7.11 Å². The number of anilines is 1. The number of benzene rings is 2. The summed E-state index contributed by atoms with van der Waals surface area (Å²) in [6, 6.07) is 16.6. The minimum Gasteiger partial charge on any atom is -0.495 e. The Bertz CT molecular complexity index is 1070. The first-order valence-electron chi connectivity index (χ1n) is 9.77. The summed E-state index contributed by atoms with van der Waals surface area (Å²) in [6.45, 7) is 3.98. The summed E-state index contributed by atoms with van der Waals surface area (Å²) < 4.78 is 5.38. The average molecular weight is 424 g/mol. The van der Waals surface area contributed by atoms with Gasteiger partial charge in [-0.25, -0.2) is 4.98 Å². The number of hydrogen-bond acceptors (Lipinski definition) is 5. The summed E-state index contributed by atoms with van der Waals surface area (Å²) in [5.41, 5.74) is 2.92. The second-order valence-corrected chi connectivity index (χ2v) is 7.99. The van der Waals surface area contributed by atoms with Crippen molar-refractivity contribution in [2.75, 3.05) is 12.4 Å². The molecule has 1 amide bonds. The van der Waals surface area contributed by atoms with Crippen LogP contribution in [0.25, 0.3) is 0 Å². The number of aromatic nitrogens is 2. The molecule has 0 radical (unpaired) electrons. The van der Waals surface area contributed by atoms with Crippen molar-refractivity contribution in [2.45, 2.75) is 37.1 Å². The van der Waals surface area contributed by atoms with Crippen LogP contribution in [0.3, 0.4) is 0 Å². The number of carbonyl (C=O) groups excluding carboxylic acids is 1. The summed E-state index contributed by atoms with van der Waals surface area (Å²) in [5, 5.41) is 2.79. The van der Waals surface area contributed by atoms with Crippen LogP contribution in [0.1, 0.15) is 35.4 Å². The predicted octanol–water partition coefficient (Wildman–Crippen LogP) is 4.51. The number of nitrogens with zero attached hydrogens (tertiary/aromatic N) is 1. The number of carbonyl (C=O) groups is 1. The first-order valence-corrected chi connectivity index (χ1v) is 10.7. The molecule has 1 heterocycles. The molecule has 7 heteroatoms. The highest BCUT2D eigenvalue weighted by Crippen LogP contribution is 2.35. The number of aryl methyl sites for hydroxylation is 2. The van der Waals surface area contributed by atoms with E-state index < -0.39 is 5.25 Å². The topological polar surface area (TPSA) is 84.1 Å². The number of H-pyrrole nitrogens is 1. The Morgan fingerprint density at radius 3 is 2.67 bits per heavy atom. The van der Waals surface area contributed by atoms with Crippen molar-refractivity contribution < 1.29 is 9.53 Å². The Morgan fingerprint density at radius 2 is 1.97 bits per heavy atom. The minimum absolute atomic E-state index is 0.219. The fraction of sp³-hybridized carbons (Fsp3) is 0.261. The highest BCUT2D eigenvalue weighted by molar-refractivity contribution is 8.00. The van der Waals surface area contributed by atoms with E-state index >= 15 is 0 Å². The van der Waals surface area contributed by atoms with Crippen LogP contribution in [0.5, 0.6) is 5.75 Å². The maximum atomic E-state index is 13.3. The zero-order valence-corrected chi connectivity index (χ0v) is 18.1. The van der Waals surface area contributed by atoms with Gasteiger partial charge in [0.15, 0.2) is 5.16 Å². The molecule has 2 aromatic carbocycles. The van der Waals surface area contributed by atoms with E-state index in [4.69, 9.17) is 4.74 Å². The number of methoxy groups -OCH3 is 1. The Balaban J connectivity index is 1.93. The summed E-state index contributed by atoms with van der Waals surface area (Å²) >= 11 is 1.22. The molecule has 2 N–H and O–H groups in total. The average Bonchev–Trinajstić information content (AvgIpc) is 2.72. The van der Waals surface area contributed by atoms with Gasteiger partial charge in [0.05, 0.1) is 12.8 Å². The van der Waals surface area contributed by atoms with Crippen molar-refractivity contribution in [3.63, 3.8) is 0 Å². The number of rotatable bonds is 8. The Kier molecular flexibility index (Phi) is 7.30. The number of amides is 1. The van der Waals surface area contributed by atoms with Crippen LogP contribution < -0.4 is 15.6 Å². The molecule has 0 saturated heterocycles. The molecule has 0 fully saturated rings. The molecule has 0 aliphatic heterocycles. The van der Waals surface area contributed by atoms with Crippen molar-refractivity contribution in [3.05, 3.63) is 81.8 Å². The first-order chi connectivity index (χ1) is 14.5. The molecule has 3 aromatic rings. The molecule has 3 rings (SSSR count). The third-order valence-corrected chi connectivity index (χ3v) is 5.60. The Labute approximate surface area is 180 Å². The monoisotopic (exact) mass is 423 g/mol. The van der Waals surface area contributed by atoms with Gasteiger partial charge in [0.25, 0.3) is 5.56 Å². The Hall–Kier alpha value is -3.06. The number of thioether (sulfide) groups is 1. The molecular formula is C23H25N3O3S. The van der Waals surface area contributed by atoms with E-state index in [2.05, 4.69) is 15.3 Å². The van der Waals surface area contributed by atoms with Crippen molar-refractivity contribution in [1.29, 1.82) is 0 Å². The highest BCUT2D eigenvalue weighted by atomic mass is 32.2. The van der Waals surface area contributed by atoms with Crippen LogP contribution in [0.2, 0.25) is 0 Å². The minimum atomic E-state index is -0.601. The lowest BCUT2D eigenvalue weighted by molar-refractivity contribution is -0.115. The van der Waals surface area contributed by atoms with E-state index in [0.717, 1.165) is 23.2 Å². The lowest BCUT2D eigenvalue weighted by Crippen LogP contribution is -2.20. The second kappa shape index (κ2) is 10.1. The quantitative estimate of drug-likeness (QED) is 0.411. The van der Waals surface area contributed by atoms with Gasteiger partial charge in [0, 0.05) is 11.8 Å². The third kappa shape index (κ3) is 5.51. The molecule has 0 saturated carbocycles. The van der Waals surface area contributed by atoms with E-state index in [-0.39, 0.29) is 11.5 Å². The number of hydrogen-bond donors (Lipinski definition) is 2. The van der Waals surface area contributed by atoms with Crippen LogP contribution in [-0.2, 0) is 11.2 Å². The van der Waals surface area contributed by atoms with Crippen molar-refractivity contribution >= 4 is 23.4 Å². The molecule has 1 aromatic heterocycles. The summed E-state index contributed by atoms with van der Waals surface area (Å²) in [6.07, 6.45) is 1.59. The van der Waals surface area contributed by atoms with Crippen molar-refractivity contribution in [2.24, 2.45) is 0 Å². The molecule has 30 heavy (non-hydrogen) atoms. The number of ether oxygens (including phenoxy) is 1. The van der Waals surface area contributed by atoms with Crippen LogP contribution in [0.4, 0.5) is 5.69 Å². The third-order valence-electron chi connectivity index (χ3n) is 4.46. The van der Waals surface area contributed by atoms with E-state index in [1.165, 1.54) is 17.8 Å². The van der Waals surface area contributed by atoms with Gasteiger partial charge in [-0.1, -0.05) is 61.5 Å². The highest BCUT2D eigenvalue weighted by Gasteiger charge is 2.24. The standard InChI is InChI=1S/C23H25N3O3S/c1-4-8-17-14-20(27)26-23(24-17)30-21(16-9-6-5-7-10-16)22(28)25-18-13-15(2)11-12-19(18)29-3/h5-7,9-14,21H,4,8H2,1-3H3,(H,25,28)(H,24,26,27)/t21-/m0/s1. The number of nitrogens with one attached hydrogen (secondary N) is 2. The SMILES string of the molecule is CCCc1cc(=O)[nH]c(S[C@H](C(=O)Nc2cc(C)ccc2OC)c2ccccc2)n1. The largest absolute Gasteiger partial charge is 0.495 e. The zero-order valence-electron chi connectivity index (χ0n) is 17.3. The van der Waals surface area contributed by atoms with Crippen LogP contribution in [0.15, 0.2) is 64.5 Å². The van der Waals surface area contributed by atoms with Crippen LogP contribution >= 0.6 is 11.8 Å². The van der Waals surface area contributed by atoms with Crippen molar-refractivity contribution in [1.82, 2.24) is 9.97 Å². The van der Waals surface area contributed by atoms with E-state index in [0.29, 0.717) is 23.0 Å². The van der Waals surface area contributed by atoms with Gasteiger partial charge in [0.2, 0.25) is 5.91 Å². The zero-order chi connectivity index (χ0) is 21.5. The van der Waals surface area contributed by atoms with E-state index in [1.807, 2.05) is 62.4 Å². The molecule has 0 spiro atoms. The molecule has 0 aliphatic rings. The van der Waals surface area contributed by atoms with Gasteiger partial charge < -0.3 is 15.0 Å². The molecule has 0 bridgehead atoms. The van der Waals surface area contributed by atoms with Gasteiger partial charge >= 0.3 is 0 Å². The van der Waals surface area contributed by atoms with Gasteiger partial charge in [-0.3, -0.25) is 9.59 Å². The molecule has 1 atom stereocenters. The number of aromatic amines is 1. The summed E-state index contributed by atoms with van der Waals surface area (Å²) in [4.78, 5) is 32.6. The van der Waals surface area contributed by atoms with Crippen molar-refractivity contribution in [3.8, 4) is 5.75 Å². The molecular weight excluding hydrogens is 398 g/mol. The molecule has 6 nitrogen and oxygen atoms in total. The normalized spacial score (nSPS) is 11.7. The second-order valence-electron chi connectivity index (χ2n) is 6.89. The maximum Gasteiger partial charge on any atom is 0.251 e. The van der Waals surface area contributed by atoms with Gasteiger partial charge in [0.1, 0.15) is 11.0 Å². The lowest BCUT2D eigenvalue weighted by Gasteiger charge is -2.18. The fourth-order valence-electron chi connectivity index (χ4n) is 3.05. The van der Waals surface area contributed by atoms with Gasteiger partial charge in [-0.15, -0.1) is 0 Å². The molecule has 0 aliphatic carbocycles. The molecule has 156 valence electrons. The van der Waals surface area contributed by atoms with Crippen LogP contribution in [-0.4, -0.2) is 23.0 Å². The summed E-state index contributed by atoms with van der Waals surface area (Å²) in [5.74, 6) is 0.362. The molecule has 0 unspecified atom stereocenters. The Morgan fingerprint density at radius 1 is 1.20 bits per heavy atom. The van der Waals surface area contributed by atoms with Crippen LogP contribution in [0, 0.1) is 6.92 Å². The first kappa shape index (κ1) is 21.6. The lowest BCUT2D eigenvalue weighted by atomic mass is 10.1. The van der Waals surface area contributed by atoms with Gasteiger partial charge in [-0.2, -0.15) is 0 Å². The maximum absolute atomic E-state index is 13.3. The smallest absolute Gasteiger partial charge is 0.251 e. The van der Waals surface area contributed by atoms with E-state index in [9.17, 15) is 9.59 Å².